The minimum atomic E-state index is -0.745. The van der Waals surface area contributed by atoms with E-state index >= 15 is 0 Å². The van der Waals surface area contributed by atoms with E-state index in [4.69, 9.17) is 9.47 Å². The van der Waals surface area contributed by atoms with Crippen LogP contribution >= 0.6 is 0 Å². The quantitative estimate of drug-likeness (QED) is 0.761. The van der Waals surface area contributed by atoms with Crippen LogP contribution in [0.1, 0.15) is 47.0 Å². The standard InChI is InChI=1S/C13H26O3/c1-10(2)8-15-11-6-5-7-12(11)16-9-13(3,4)14/h10-12,14H,5-9H2,1-4H3. The predicted octanol–water partition coefficient (Wildman–Crippen LogP) is 2.37. The molecule has 0 aromatic rings. The fourth-order valence-electron chi connectivity index (χ4n) is 1.90. The Labute approximate surface area is 99.1 Å². The molecule has 2 unspecified atom stereocenters. The zero-order chi connectivity index (χ0) is 12.2. The lowest BCUT2D eigenvalue weighted by Crippen LogP contribution is -2.34. The lowest BCUT2D eigenvalue weighted by atomic mass is 10.1. The van der Waals surface area contributed by atoms with Crippen molar-refractivity contribution in [2.75, 3.05) is 13.2 Å². The summed E-state index contributed by atoms with van der Waals surface area (Å²) >= 11 is 0. The van der Waals surface area contributed by atoms with Gasteiger partial charge in [-0.1, -0.05) is 13.8 Å². The molecular formula is C13H26O3. The highest BCUT2D eigenvalue weighted by atomic mass is 16.5. The van der Waals surface area contributed by atoms with E-state index in [0.29, 0.717) is 12.5 Å². The molecule has 96 valence electrons. The molecule has 3 heteroatoms. The smallest absolute Gasteiger partial charge is 0.0838 e. The number of ether oxygens (including phenoxy) is 2. The summed E-state index contributed by atoms with van der Waals surface area (Å²) in [7, 11) is 0. The Morgan fingerprint density at radius 3 is 2.25 bits per heavy atom. The molecule has 0 aromatic carbocycles. The second-order valence-corrected chi connectivity index (χ2v) is 5.86. The molecule has 16 heavy (non-hydrogen) atoms. The fourth-order valence-corrected chi connectivity index (χ4v) is 1.90. The van der Waals surface area contributed by atoms with Gasteiger partial charge in [-0.05, 0) is 39.0 Å². The van der Waals surface area contributed by atoms with Crippen molar-refractivity contribution in [2.24, 2.45) is 5.92 Å². The van der Waals surface area contributed by atoms with Crippen LogP contribution < -0.4 is 0 Å². The summed E-state index contributed by atoms with van der Waals surface area (Å²) in [5.41, 5.74) is -0.745. The van der Waals surface area contributed by atoms with E-state index in [-0.39, 0.29) is 12.2 Å². The van der Waals surface area contributed by atoms with Crippen LogP contribution in [0, 0.1) is 5.92 Å². The molecule has 0 amide bonds. The topological polar surface area (TPSA) is 38.7 Å². The van der Waals surface area contributed by atoms with E-state index in [1.54, 1.807) is 13.8 Å². The van der Waals surface area contributed by atoms with E-state index in [1.807, 2.05) is 0 Å². The van der Waals surface area contributed by atoms with Gasteiger partial charge in [-0.3, -0.25) is 0 Å². The fraction of sp³-hybridized carbons (Fsp3) is 1.00. The van der Waals surface area contributed by atoms with E-state index in [2.05, 4.69) is 13.8 Å². The predicted molar refractivity (Wildman–Crippen MR) is 64.5 cm³/mol. The largest absolute Gasteiger partial charge is 0.388 e. The molecule has 1 aliphatic carbocycles. The third kappa shape index (κ3) is 5.28. The first-order valence-corrected chi connectivity index (χ1v) is 6.34. The molecule has 1 aliphatic rings. The van der Waals surface area contributed by atoms with Crippen LogP contribution in [0.4, 0.5) is 0 Å². The van der Waals surface area contributed by atoms with Gasteiger partial charge in [0, 0.05) is 6.61 Å². The van der Waals surface area contributed by atoms with Crippen molar-refractivity contribution in [3.63, 3.8) is 0 Å². The first-order chi connectivity index (χ1) is 7.38. The highest BCUT2D eigenvalue weighted by Crippen LogP contribution is 2.26. The molecule has 1 fully saturated rings. The molecule has 1 N–H and O–H groups in total. The van der Waals surface area contributed by atoms with Gasteiger partial charge in [0.15, 0.2) is 0 Å². The Morgan fingerprint density at radius 1 is 1.19 bits per heavy atom. The summed E-state index contributed by atoms with van der Waals surface area (Å²) in [6.45, 7) is 9.04. The minimum Gasteiger partial charge on any atom is -0.388 e. The normalized spacial score (nSPS) is 26.6. The summed E-state index contributed by atoms with van der Waals surface area (Å²) in [4.78, 5) is 0. The van der Waals surface area contributed by atoms with E-state index in [9.17, 15) is 5.11 Å². The lowest BCUT2D eigenvalue weighted by Gasteiger charge is -2.25. The van der Waals surface area contributed by atoms with Crippen molar-refractivity contribution in [3.05, 3.63) is 0 Å². The van der Waals surface area contributed by atoms with Crippen molar-refractivity contribution < 1.29 is 14.6 Å². The first kappa shape index (κ1) is 13.9. The van der Waals surface area contributed by atoms with Gasteiger partial charge >= 0.3 is 0 Å². The van der Waals surface area contributed by atoms with Crippen LogP contribution in [-0.4, -0.2) is 36.1 Å². The molecule has 0 radical (unpaired) electrons. The Bertz CT molecular complexity index is 196. The van der Waals surface area contributed by atoms with Crippen LogP contribution in [0.2, 0.25) is 0 Å². The van der Waals surface area contributed by atoms with Crippen LogP contribution in [0.25, 0.3) is 0 Å². The monoisotopic (exact) mass is 230 g/mol. The maximum Gasteiger partial charge on any atom is 0.0838 e. The molecule has 0 saturated heterocycles. The number of rotatable bonds is 6. The molecule has 0 bridgehead atoms. The van der Waals surface area contributed by atoms with Crippen molar-refractivity contribution >= 4 is 0 Å². The SMILES string of the molecule is CC(C)COC1CCCC1OCC(C)(C)O. The third-order valence-electron chi connectivity index (χ3n) is 2.69. The molecule has 0 aliphatic heterocycles. The summed E-state index contributed by atoms with van der Waals surface area (Å²) in [6.07, 6.45) is 3.70. The van der Waals surface area contributed by atoms with E-state index < -0.39 is 5.60 Å². The molecule has 0 spiro atoms. The summed E-state index contributed by atoms with van der Waals surface area (Å²) in [5.74, 6) is 0.565. The Morgan fingerprint density at radius 2 is 1.75 bits per heavy atom. The van der Waals surface area contributed by atoms with Gasteiger partial charge in [0.1, 0.15) is 0 Å². The van der Waals surface area contributed by atoms with Crippen LogP contribution in [0.15, 0.2) is 0 Å². The second-order valence-electron chi connectivity index (χ2n) is 5.86. The van der Waals surface area contributed by atoms with Crippen LogP contribution in [-0.2, 0) is 9.47 Å². The Balaban J connectivity index is 2.29. The minimum absolute atomic E-state index is 0.171. The third-order valence-corrected chi connectivity index (χ3v) is 2.69. The average Bonchev–Trinajstić information content (AvgIpc) is 2.57. The number of hydrogen-bond acceptors (Lipinski definition) is 3. The molecular weight excluding hydrogens is 204 g/mol. The maximum absolute atomic E-state index is 9.62. The maximum atomic E-state index is 9.62. The van der Waals surface area contributed by atoms with Crippen molar-refractivity contribution in [2.45, 2.75) is 64.8 Å². The molecule has 0 heterocycles. The van der Waals surface area contributed by atoms with Crippen LogP contribution in [0.3, 0.4) is 0 Å². The number of hydrogen-bond donors (Lipinski definition) is 1. The molecule has 2 atom stereocenters. The summed E-state index contributed by atoms with van der Waals surface area (Å²) < 4.78 is 11.6. The van der Waals surface area contributed by atoms with Gasteiger partial charge in [-0.2, -0.15) is 0 Å². The van der Waals surface area contributed by atoms with Gasteiger partial charge in [0.25, 0.3) is 0 Å². The van der Waals surface area contributed by atoms with Crippen molar-refractivity contribution in [3.8, 4) is 0 Å². The summed E-state index contributed by atoms with van der Waals surface area (Å²) in [5, 5.41) is 9.62. The Hall–Kier alpha value is -0.120. The van der Waals surface area contributed by atoms with Gasteiger partial charge in [0.05, 0.1) is 24.4 Å². The molecule has 0 aromatic heterocycles. The van der Waals surface area contributed by atoms with Crippen molar-refractivity contribution in [1.82, 2.24) is 0 Å². The zero-order valence-corrected chi connectivity index (χ0v) is 11.0. The zero-order valence-electron chi connectivity index (χ0n) is 11.0. The molecule has 1 rings (SSSR count). The van der Waals surface area contributed by atoms with Crippen molar-refractivity contribution in [1.29, 1.82) is 0 Å². The van der Waals surface area contributed by atoms with Gasteiger partial charge in [0.2, 0.25) is 0 Å². The molecule has 3 nitrogen and oxygen atoms in total. The summed E-state index contributed by atoms with van der Waals surface area (Å²) in [6, 6.07) is 0. The van der Waals surface area contributed by atoms with Gasteiger partial charge in [-0.25, -0.2) is 0 Å². The highest BCUT2D eigenvalue weighted by Gasteiger charge is 2.30. The van der Waals surface area contributed by atoms with Gasteiger partial charge < -0.3 is 14.6 Å². The van der Waals surface area contributed by atoms with E-state index in [1.165, 1.54) is 6.42 Å². The highest BCUT2D eigenvalue weighted by molar-refractivity contribution is 4.80. The van der Waals surface area contributed by atoms with Gasteiger partial charge in [-0.15, -0.1) is 0 Å². The Kier molecular flexibility index (Phi) is 5.22. The average molecular weight is 230 g/mol. The van der Waals surface area contributed by atoms with E-state index in [0.717, 1.165) is 19.4 Å². The first-order valence-electron chi connectivity index (χ1n) is 6.34. The number of aliphatic hydroxyl groups is 1. The van der Waals surface area contributed by atoms with Crippen LogP contribution in [0.5, 0.6) is 0 Å². The lowest BCUT2D eigenvalue weighted by molar-refractivity contribution is -0.101. The molecule has 1 saturated carbocycles. The second kappa shape index (κ2) is 5.99.